The zero-order valence-corrected chi connectivity index (χ0v) is 12.3. The van der Waals surface area contributed by atoms with Crippen LogP contribution < -0.4 is 0 Å². The van der Waals surface area contributed by atoms with E-state index in [1.807, 2.05) is 6.92 Å². The third-order valence-corrected chi connectivity index (χ3v) is 4.21. The van der Waals surface area contributed by atoms with Crippen LogP contribution in [-0.2, 0) is 22.4 Å². The molecule has 0 saturated carbocycles. The molecule has 0 amide bonds. The summed E-state index contributed by atoms with van der Waals surface area (Å²) in [5, 5.41) is 9.49. The van der Waals surface area contributed by atoms with Crippen molar-refractivity contribution in [3.8, 4) is 0 Å². The molecule has 1 aromatic carbocycles. The second-order valence-electron chi connectivity index (χ2n) is 6.55. The van der Waals surface area contributed by atoms with Gasteiger partial charge in [-0.2, -0.15) is 0 Å². The first-order chi connectivity index (χ1) is 9.78. The molecule has 0 unspecified atom stereocenters. The summed E-state index contributed by atoms with van der Waals surface area (Å²) < 4.78 is 5.29. The van der Waals surface area contributed by atoms with Gasteiger partial charge in [-0.05, 0) is 41.9 Å². The molecule has 6 heteroatoms. The average molecular weight is 291 g/mol. The predicted octanol–water partition coefficient (Wildman–Crippen LogP) is 2.54. The van der Waals surface area contributed by atoms with Crippen molar-refractivity contribution in [3.05, 3.63) is 44.0 Å². The Labute approximate surface area is 122 Å². The largest absolute Gasteiger partial charge is 0.452 e. The fourth-order valence-electron chi connectivity index (χ4n) is 3.50. The predicted molar refractivity (Wildman–Crippen MR) is 73.5 cm³/mol. The summed E-state index contributed by atoms with van der Waals surface area (Å²) >= 11 is 0. The molecule has 1 atom stereocenters. The van der Waals surface area contributed by atoms with Gasteiger partial charge in [-0.15, -0.1) is 10.1 Å². The Balaban J connectivity index is 2.04. The van der Waals surface area contributed by atoms with Crippen LogP contribution in [0.3, 0.4) is 0 Å². The van der Waals surface area contributed by atoms with Gasteiger partial charge in [-0.1, -0.05) is 19.9 Å². The minimum atomic E-state index is -0.863. The fraction of sp³-hybridized carbons (Fsp3) is 0.533. The number of nitrogens with zero attached hydrogens (tertiary/aromatic N) is 1. The highest BCUT2D eigenvalue weighted by molar-refractivity contribution is 5.97. The Morgan fingerprint density at radius 2 is 2.19 bits per heavy atom. The van der Waals surface area contributed by atoms with Gasteiger partial charge in [-0.25, -0.2) is 4.79 Å². The molecular weight excluding hydrogens is 274 g/mol. The van der Waals surface area contributed by atoms with E-state index in [1.165, 1.54) is 5.56 Å². The summed E-state index contributed by atoms with van der Waals surface area (Å²) in [6, 6.07) is 2.07. The summed E-state index contributed by atoms with van der Waals surface area (Å²) in [4.78, 5) is 26.9. The van der Waals surface area contributed by atoms with Crippen LogP contribution in [0.5, 0.6) is 0 Å². The molecule has 0 fully saturated rings. The first-order valence-corrected chi connectivity index (χ1v) is 6.92. The van der Waals surface area contributed by atoms with E-state index in [0.717, 1.165) is 29.5 Å². The van der Waals surface area contributed by atoms with Crippen molar-refractivity contribution in [3.63, 3.8) is 0 Å². The molecule has 0 saturated heterocycles. The monoisotopic (exact) mass is 291 g/mol. The van der Waals surface area contributed by atoms with Crippen molar-refractivity contribution in [1.82, 2.24) is 0 Å². The smallest absolute Gasteiger partial charge is 0.339 e. The molecule has 0 bridgehead atoms. The van der Waals surface area contributed by atoms with Crippen LogP contribution >= 0.6 is 0 Å². The van der Waals surface area contributed by atoms with E-state index in [0.29, 0.717) is 5.56 Å². The Morgan fingerprint density at radius 1 is 1.48 bits per heavy atom. The molecule has 0 radical (unpaired) electrons. The maximum Gasteiger partial charge on any atom is 0.339 e. The Hall–Kier alpha value is -2.11. The van der Waals surface area contributed by atoms with E-state index in [-0.39, 0.29) is 18.0 Å². The molecule has 21 heavy (non-hydrogen) atoms. The summed E-state index contributed by atoms with van der Waals surface area (Å²) in [7, 11) is 0. The van der Waals surface area contributed by atoms with Crippen molar-refractivity contribution >= 4 is 5.97 Å². The lowest BCUT2D eigenvalue weighted by Gasteiger charge is -2.14. The first-order valence-electron chi connectivity index (χ1n) is 6.92. The Kier molecular flexibility index (Phi) is 2.93. The molecule has 0 N–H and O–H groups in total. The number of hydrogen-bond donors (Lipinski definition) is 0. The van der Waals surface area contributed by atoms with Gasteiger partial charge in [-0.3, -0.25) is 0 Å². The molecule has 1 aliphatic carbocycles. The van der Waals surface area contributed by atoms with Crippen molar-refractivity contribution < 1.29 is 19.5 Å². The number of ether oxygens (including phenoxy) is 1. The lowest BCUT2D eigenvalue weighted by molar-refractivity contribution is -0.759. The number of hydrogen-bond acceptors (Lipinski definition) is 5. The van der Waals surface area contributed by atoms with Crippen molar-refractivity contribution in [2.24, 2.45) is 5.41 Å². The number of carbonyl (C=O) groups excluding carboxylic acids is 1. The standard InChI is InChI=1S/C15H17NO5/c1-8-4-9-5-15(2,3)6-10(9)13-12(8)11(21-14(13)17)7-20-16(18)19/h4,11H,5-7H2,1-3H3/t11-/m0/s1. The molecule has 3 rings (SSSR count). The van der Waals surface area contributed by atoms with Crippen LogP contribution in [0.25, 0.3) is 0 Å². The minimum absolute atomic E-state index is 0.125. The van der Waals surface area contributed by atoms with Gasteiger partial charge in [0.1, 0.15) is 6.61 Å². The van der Waals surface area contributed by atoms with Crippen LogP contribution in [0.2, 0.25) is 0 Å². The number of benzene rings is 1. The van der Waals surface area contributed by atoms with E-state index < -0.39 is 11.2 Å². The molecule has 112 valence electrons. The summed E-state index contributed by atoms with van der Waals surface area (Å²) in [5.74, 6) is -0.389. The van der Waals surface area contributed by atoms with Crippen LogP contribution in [0, 0.1) is 22.5 Å². The number of esters is 1. The molecule has 6 nitrogen and oxygen atoms in total. The number of aryl methyl sites for hydroxylation is 1. The normalized spacial score (nSPS) is 21.7. The maximum atomic E-state index is 12.2. The highest BCUT2D eigenvalue weighted by Gasteiger charge is 2.40. The van der Waals surface area contributed by atoms with Crippen LogP contribution in [0.1, 0.15) is 52.6 Å². The lowest BCUT2D eigenvalue weighted by Crippen LogP contribution is -2.12. The quantitative estimate of drug-likeness (QED) is 0.486. The molecule has 1 heterocycles. The summed E-state index contributed by atoms with van der Waals surface area (Å²) in [5.41, 5.74) is 4.63. The topological polar surface area (TPSA) is 78.7 Å². The van der Waals surface area contributed by atoms with E-state index in [4.69, 9.17) is 4.74 Å². The Bertz CT molecular complexity index is 650. The van der Waals surface area contributed by atoms with Crippen molar-refractivity contribution in [2.45, 2.75) is 39.7 Å². The molecule has 1 aliphatic heterocycles. The highest BCUT2D eigenvalue weighted by Crippen LogP contribution is 2.44. The maximum absolute atomic E-state index is 12.2. The van der Waals surface area contributed by atoms with Crippen LogP contribution in [0.4, 0.5) is 0 Å². The van der Waals surface area contributed by atoms with Crippen LogP contribution in [0.15, 0.2) is 6.07 Å². The van der Waals surface area contributed by atoms with Gasteiger partial charge in [0.25, 0.3) is 5.09 Å². The van der Waals surface area contributed by atoms with Gasteiger partial charge in [0.05, 0.1) is 5.56 Å². The van der Waals surface area contributed by atoms with Crippen LogP contribution in [-0.4, -0.2) is 17.7 Å². The van der Waals surface area contributed by atoms with Crippen molar-refractivity contribution in [2.75, 3.05) is 6.61 Å². The minimum Gasteiger partial charge on any atom is -0.452 e. The van der Waals surface area contributed by atoms with E-state index in [1.54, 1.807) is 0 Å². The number of rotatable bonds is 3. The first kappa shape index (κ1) is 13.9. The van der Waals surface area contributed by atoms with Gasteiger partial charge < -0.3 is 9.57 Å². The van der Waals surface area contributed by atoms with Gasteiger partial charge >= 0.3 is 5.97 Å². The SMILES string of the molecule is Cc1cc2c(c3c1[C@H](CO[N+](=O)[O-])OC3=O)CC(C)(C)C2. The average Bonchev–Trinajstić information content (AvgIpc) is 2.83. The van der Waals surface area contributed by atoms with E-state index in [2.05, 4.69) is 24.8 Å². The third-order valence-electron chi connectivity index (χ3n) is 4.21. The fourth-order valence-corrected chi connectivity index (χ4v) is 3.50. The summed E-state index contributed by atoms with van der Waals surface area (Å²) in [6.07, 6.45) is 1.06. The van der Waals surface area contributed by atoms with Gasteiger partial charge in [0.2, 0.25) is 0 Å². The lowest BCUT2D eigenvalue weighted by atomic mass is 9.89. The zero-order valence-electron chi connectivity index (χ0n) is 12.3. The molecule has 2 aliphatic rings. The molecular formula is C15H17NO5. The second kappa shape index (κ2) is 4.44. The molecule has 0 spiro atoms. The summed E-state index contributed by atoms with van der Waals surface area (Å²) in [6.45, 7) is 5.99. The van der Waals surface area contributed by atoms with E-state index >= 15 is 0 Å². The number of fused-ring (bicyclic) bond motifs is 3. The number of carbonyl (C=O) groups is 1. The highest BCUT2D eigenvalue weighted by atomic mass is 17.0. The molecule has 1 aromatic rings. The third kappa shape index (κ3) is 2.24. The second-order valence-corrected chi connectivity index (χ2v) is 6.55. The zero-order chi connectivity index (χ0) is 15.4. The van der Waals surface area contributed by atoms with Gasteiger partial charge in [0.15, 0.2) is 6.10 Å². The van der Waals surface area contributed by atoms with E-state index in [9.17, 15) is 14.9 Å². The molecule has 0 aromatic heterocycles. The van der Waals surface area contributed by atoms with Crippen molar-refractivity contribution in [1.29, 1.82) is 0 Å². The van der Waals surface area contributed by atoms with Gasteiger partial charge in [0, 0.05) is 5.56 Å². The number of cyclic esters (lactones) is 1. The Morgan fingerprint density at radius 3 is 2.86 bits per heavy atom.